The average molecular weight is 241 g/mol. The van der Waals surface area contributed by atoms with Crippen molar-refractivity contribution >= 4 is 23.4 Å². The van der Waals surface area contributed by atoms with Crippen LogP contribution >= 0.6 is 11.6 Å². The van der Waals surface area contributed by atoms with Crippen molar-refractivity contribution in [2.24, 2.45) is 5.92 Å². The lowest BCUT2D eigenvalue weighted by molar-refractivity contribution is -0.148. The van der Waals surface area contributed by atoms with Gasteiger partial charge < -0.3 is 4.74 Å². The molecule has 0 saturated heterocycles. The number of carbonyl (C=O) groups excluding carboxylic acids is 2. The standard InChI is InChI=1S/C12H13ClO3/c1-8(14)11(12(15)16-2)7-9-4-3-5-10(13)6-9/h3-6,11H,7H2,1-2H3/t11-/m1/s1. The molecule has 0 aliphatic rings. The molecule has 0 N–H and O–H groups in total. The maximum absolute atomic E-state index is 11.4. The fourth-order valence-electron chi connectivity index (χ4n) is 1.43. The minimum atomic E-state index is -0.747. The van der Waals surface area contributed by atoms with E-state index in [0.717, 1.165) is 5.56 Å². The third kappa shape index (κ3) is 3.35. The molecule has 86 valence electrons. The van der Waals surface area contributed by atoms with Gasteiger partial charge in [-0.15, -0.1) is 0 Å². The van der Waals surface area contributed by atoms with Crippen molar-refractivity contribution in [3.05, 3.63) is 34.9 Å². The molecule has 0 saturated carbocycles. The van der Waals surface area contributed by atoms with Crippen molar-refractivity contribution in [1.82, 2.24) is 0 Å². The van der Waals surface area contributed by atoms with E-state index in [0.29, 0.717) is 11.4 Å². The van der Waals surface area contributed by atoms with Gasteiger partial charge >= 0.3 is 5.97 Å². The second-order valence-electron chi connectivity index (χ2n) is 3.52. The number of benzene rings is 1. The molecule has 16 heavy (non-hydrogen) atoms. The quantitative estimate of drug-likeness (QED) is 0.599. The number of hydrogen-bond acceptors (Lipinski definition) is 3. The molecule has 0 unspecified atom stereocenters. The summed E-state index contributed by atoms with van der Waals surface area (Å²) >= 11 is 5.82. The first-order valence-corrected chi connectivity index (χ1v) is 5.25. The number of hydrogen-bond donors (Lipinski definition) is 0. The molecule has 0 aliphatic heterocycles. The molecule has 0 amide bonds. The minimum Gasteiger partial charge on any atom is -0.468 e. The van der Waals surface area contributed by atoms with Crippen molar-refractivity contribution in [2.75, 3.05) is 7.11 Å². The Morgan fingerprint density at radius 1 is 1.44 bits per heavy atom. The summed E-state index contributed by atoms with van der Waals surface area (Å²) in [6.45, 7) is 1.38. The molecule has 0 bridgehead atoms. The summed E-state index contributed by atoms with van der Waals surface area (Å²) < 4.78 is 4.58. The molecule has 1 aromatic rings. The number of halogens is 1. The van der Waals surface area contributed by atoms with Crippen molar-refractivity contribution in [2.45, 2.75) is 13.3 Å². The van der Waals surface area contributed by atoms with Crippen LogP contribution in [0.15, 0.2) is 24.3 Å². The number of rotatable bonds is 4. The number of ketones is 1. The van der Waals surface area contributed by atoms with E-state index in [1.165, 1.54) is 14.0 Å². The molecule has 0 heterocycles. The summed E-state index contributed by atoms with van der Waals surface area (Å²) in [5.74, 6) is -1.46. The number of Topliss-reactive ketones (excluding diaryl/α,β-unsaturated/α-hetero) is 1. The zero-order valence-corrected chi connectivity index (χ0v) is 9.95. The van der Waals surface area contributed by atoms with E-state index in [4.69, 9.17) is 11.6 Å². The molecule has 0 spiro atoms. The Morgan fingerprint density at radius 3 is 2.62 bits per heavy atom. The maximum Gasteiger partial charge on any atom is 0.316 e. The Bertz CT molecular complexity index is 401. The van der Waals surface area contributed by atoms with Crippen molar-refractivity contribution < 1.29 is 14.3 Å². The van der Waals surface area contributed by atoms with Crippen LogP contribution in [0.2, 0.25) is 5.02 Å². The summed E-state index contributed by atoms with van der Waals surface area (Å²) in [5.41, 5.74) is 0.845. The lowest BCUT2D eigenvalue weighted by atomic mass is 9.96. The molecule has 0 aliphatic carbocycles. The normalized spacial score (nSPS) is 11.9. The van der Waals surface area contributed by atoms with Crippen LogP contribution in [0.25, 0.3) is 0 Å². The van der Waals surface area contributed by atoms with Crippen LogP contribution in [-0.2, 0) is 20.7 Å². The number of carbonyl (C=O) groups is 2. The monoisotopic (exact) mass is 240 g/mol. The van der Waals surface area contributed by atoms with Crippen LogP contribution in [0.5, 0.6) is 0 Å². The van der Waals surface area contributed by atoms with Gasteiger partial charge in [-0.1, -0.05) is 23.7 Å². The van der Waals surface area contributed by atoms with Crippen LogP contribution < -0.4 is 0 Å². The van der Waals surface area contributed by atoms with E-state index in [2.05, 4.69) is 4.74 Å². The fourth-order valence-corrected chi connectivity index (χ4v) is 1.65. The smallest absolute Gasteiger partial charge is 0.316 e. The third-order valence-electron chi connectivity index (χ3n) is 2.31. The number of ether oxygens (including phenoxy) is 1. The van der Waals surface area contributed by atoms with E-state index in [9.17, 15) is 9.59 Å². The Balaban J connectivity index is 2.84. The van der Waals surface area contributed by atoms with Crippen LogP contribution in [0.4, 0.5) is 0 Å². The molecular formula is C12H13ClO3. The summed E-state index contributed by atoms with van der Waals surface area (Å²) in [6, 6.07) is 7.09. The van der Waals surface area contributed by atoms with Gasteiger partial charge in [0.05, 0.1) is 7.11 Å². The summed E-state index contributed by atoms with van der Waals surface area (Å²) in [7, 11) is 1.27. The summed E-state index contributed by atoms with van der Waals surface area (Å²) in [6.07, 6.45) is 0.322. The Morgan fingerprint density at radius 2 is 2.12 bits per heavy atom. The van der Waals surface area contributed by atoms with Gasteiger partial charge in [-0.3, -0.25) is 9.59 Å². The summed E-state index contributed by atoms with van der Waals surface area (Å²) in [5, 5.41) is 0.588. The minimum absolute atomic E-state index is 0.202. The van der Waals surface area contributed by atoms with Gasteiger partial charge in [0, 0.05) is 5.02 Å². The zero-order chi connectivity index (χ0) is 12.1. The van der Waals surface area contributed by atoms with Gasteiger partial charge in [0.2, 0.25) is 0 Å². The van der Waals surface area contributed by atoms with E-state index >= 15 is 0 Å². The van der Waals surface area contributed by atoms with Crippen molar-refractivity contribution in [1.29, 1.82) is 0 Å². The molecule has 0 fully saturated rings. The molecule has 4 heteroatoms. The highest BCUT2D eigenvalue weighted by atomic mass is 35.5. The van der Waals surface area contributed by atoms with Crippen molar-refractivity contribution in [3.8, 4) is 0 Å². The van der Waals surface area contributed by atoms with E-state index in [1.54, 1.807) is 18.2 Å². The Kier molecular flexibility index (Phi) is 4.50. The average Bonchev–Trinajstić information content (AvgIpc) is 2.24. The van der Waals surface area contributed by atoms with Crippen molar-refractivity contribution in [3.63, 3.8) is 0 Å². The Hall–Kier alpha value is -1.35. The molecular weight excluding hydrogens is 228 g/mol. The lowest BCUT2D eigenvalue weighted by Crippen LogP contribution is -2.25. The highest BCUT2D eigenvalue weighted by molar-refractivity contribution is 6.30. The molecule has 0 aromatic heterocycles. The van der Waals surface area contributed by atoms with Crippen LogP contribution in [0, 0.1) is 5.92 Å². The first kappa shape index (κ1) is 12.7. The van der Waals surface area contributed by atoms with Crippen LogP contribution in [0.3, 0.4) is 0 Å². The van der Waals surface area contributed by atoms with Gasteiger partial charge in [-0.05, 0) is 31.0 Å². The highest BCUT2D eigenvalue weighted by Crippen LogP contribution is 2.16. The SMILES string of the molecule is COC(=O)[C@H](Cc1cccc(Cl)c1)C(C)=O. The molecule has 1 rings (SSSR count). The largest absolute Gasteiger partial charge is 0.468 e. The first-order chi connectivity index (χ1) is 7.54. The second-order valence-corrected chi connectivity index (χ2v) is 3.96. The fraction of sp³-hybridized carbons (Fsp3) is 0.333. The van der Waals surface area contributed by atoms with Gasteiger partial charge in [-0.25, -0.2) is 0 Å². The van der Waals surface area contributed by atoms with E-state index in [-0.39, 0.29) is 5.78 Å². The number of esters is 1. The number of methoxy groups -OCH3 is 1. The van der Waals surface area contributed by atoms with Gasteiger partial charge in [0.1, 0.15) is 11.7 Å². The van der Waals surface area contributed by atoms with Crippen LogP contribution in [-0.4, -0.2) is 18.9 Å². The van der Waals surface area contributed by atoms with Gasteiger partial charge in [-0.2, -0.15) is 0 Å². The summed E-state index contributed by atoms with van der Waals surface area (Å²) in [4.78, 5) is 22.7. The van der Waals surface area contributed by atoms with Gasteiger partial charge in [0.15, 0.2) is 0 Å². The van der Waals surface area contributed by atoms with E-state index in [1.807, 2.05) is 6.07 Å². The topological polar surface area (TPSA) is 43.4 Å². The molecule has 3 nitrogen and oxygen atoms in total. The molecule has 1 atom stereocenters. The predicted molar refractivity (Wildman–Crippen MR) is 61.3 cm³/mol. The Labute approximate surface area is 99.4 Å². The second kappa shape index (κ2) is 5.66. The van der Waals surface area contributed by atoms with Crippen LogP contribution in [0.1, 0.15) is 12.5 Å². The molecule has 0 radical (unpaired) electrons. The maximum atomic E-state index is 11.4. The lowest BCUT2D eigenvalue weighted by Gasteiger charge is -2.11. The third-order valence-corrected chi connectivity index (χ3v) is 2.54. The van der Waals surface area contributed by atoms with E-state index < -0.39 is 11.9 Å². The zero-order valence-electron chi connectivity index (χ0n) is 9.20. The first-order valence-electron chi connectivity index (χ1n) is 4.87. The predicted octanol–water partition coefficient (Wildman–Crippen LogP) is 2.26. The molecule has 1 aromatic carbocycles. The highest BCUT2D eigenvalue weighted by Gasteiger charge is 2.24. The van der Waals surface area contributed by atoms with Gasteiger partial charge in [0.25, 0.3) is 0 Å².